The zero-order valence-electron chi connectivity index (χ0n) is 13.5. The summed E-state index contributed by atoms with van der Waals surface area (Å²) in [4.78, 5) is 45.3. The molecule has 1 aliphatic carbocycles. The van der Waals surface area contributed by atoms with Crippen LogP contribution in [0.3, 0.4) is 0 Å². The van der Waals surface area contributed by atoms with Crippen molar-refractivity contribution >= 4 is 11.8 Å². The molecule has 0 spiro atoms. The summed E-state index contributed by atoms with van der Waals surface area (Å²) in [6.07, 6.45) is 2.57. The molecule has 7 heteroatoms. The van der Waals surface area contributed by atoms with Crippen molar-refractivity contribution in [2.75, 3.05) is 13.1 Å². The van der Waals surface area contributed by atoms with E-state index in [0.29, 0.717) is 25.3 Å². The molecule has 23 heavy (non-hydrogen) atoms. The van der Waals surface area contributed by atoms with Gasteiger partial charge < -0.3 is 15.2 Å². The van der Waals surface area contributed by atoms with E-state index in [2.05, 4.69) is 15.3 Å². The number of carbonyl (C=O) groups excluding carboxylic acids is 2. The van der Waals surface area contributed by atoms with Crippen molar-refractivity contribution in [1.29, 1.82) is 0 Å². The highest BCUT2D eigenvalue weighted by Gasteiger charge is 2.35. The van der Waals surface area contributed by atoms with E-state index in [1.807, 2.05) is 13.8 Å². The number of nitrogens with zero attached hydrogens (tertiary/aromatic N) is 2. The Balaban J connectivity index is 1.88. The van der Waals surface area contributed by atoms with E-state index >= 15 is 0 Å². The van der Waals surface area contributed by atoms with Gasteiger partial charge in [-0.25, -0.2) is 4.98 Å². The minimum Gasteiger partial charge on any atom is -0.353 e. The largest absolute Gasteiger partial charge is 0.353 e. The molecule has 2 fully saturated rings. The van der Waals surface area contributed by atoms with E-state index in [1.54, 1.807) is 4.90 Å². The first kappa shape index (κ1) is 15.7. The van der Waals surface area contributed by atoms with Crippen LogP contribution in [0.4, 0.5) is 0 Å². The van der Waals surface area contributed by atoms with Crippen molar-refractivity contribution < 1.29 is 9.59 Å². The summed E-state index contributed by atoms with van der Waals surface area (Å²) in [6, 6.07) is 0.731. The number of aromatic nitrogens is 2. The number of H-pyrrole nitrogens is 1. The molecule has 1 aromatic rings. The maximum atomic E-state index is 12.8. The van der Waals surface area contributed by atoms with Gasteiger partial charge in [0.2, 0.25) is 5.91 Å². The van der Waals surface area contributed by atoms with E-state index < -0.39 is 6.04 Å². The van der Waals surface area contributed by atoms with Gasteiger partial charge in [-0.05, 0) is 25.2 Å². The average Bonchev–Trinajstić information content (AvgIpc) is 3.32. The molecule has 2 N–H and O–H groups in total. The number of hydrogen-bond donors (Lipinski definition) is 2. The Bertz CT molecular complexity index is 678. The molecule has 3 rings (SSSR count). The SMILES string of the molecule is CC(C)C[C@H]1C(=O)NCCN1C(=O)c1cc(=O)[nH]c(C2CC2)n1. The van der Waals surface area contributed by atoms with Crippen LogP contribution in [0.5, 0.6) is 0 Å². The molecule has 2 heterocycles. The molecule has 1 saturated heterocycles. The van der Waals surface area contributed by atoms with Crippen LogP contribution in [0.25, 0.3) is 0 Å². The predicted molar refractivity (Wildman–Crippen MR) is 84.1 cm³/mol. The topological polar surface area (TPSA) is 95.2 Å². The number of aromatic amines is 1. The quantitative estimate of drug-likeness (QED) is 0.851. The Hall–Kier alpha value is -2.18. The fourth-order valence-corrected chi connectivity index (χ4v) is 2.92. The normalized spacial score (nSPS) is 21.4. The van der Waals surface area contributed by atoms with Gasteiger partial charge in [0.1, 0.15) is 17.6 Å². The van der Waals surface area contributed by atoms with Gasteiger partial charge in [-0.2, -0.15) is 0 Å². The maximum Gasteiger partial charge on any atom is 0.273 e. The highest BCUT2D eigenvalue weighted by atomic mass is 16.2. The molecule has 1 saturated carbocycles. The second-order valence-electron chi connectivity index (χ2n) is 6.73. The summed E-state index contributed by atoms with van der Waals surface area (Å²) in [6.45, 7) is 4.90. The molecule has 2 amide bonds. The smallest absolute Gasteiger partial charge is 0.273 e. The summed E-state index contributed by atoms with van der Waals surface area (Å²) >= 11 is 0. The molecule has 1 atom stereocenters. The standard InChI is InChI=1S/C16H22N4O3/c1-9(2)7-12-15(22)17-5-6-20(12)16(23)11-8-13(21)19-14(18-11)10-3-4-10/h8-10,12H,3-7H2,1-2H3,(H,17,22)(H,18,19,21)/t12-/m0/s1. The Morgan fingerprint density at radius 3 is 2.78 bits per heavy atom. The van der Waals surface area contributed by atoms with Crippen molar-refractivity contribution in [1.82, 2.24) is 20.2 Å². The van der Waals surface area contributed by atoms with Gasteiger partial charge in [0, 0.05) is 25.1 Å². The maximum absolute atomic E-state index is 12.8. The van der Waals surface area contributed by atoms with E-state index in [-0.39, 0.29) is 34.9 Å². The molecule has 1 aliphatic heterocycles. The lowest BCUT2D eigenvalue weighted by atomic mass is 9.99. The summed E-state index contributed by atoms with van der Waals surface area (Å²) in [5.41, 5.74) is -0.175. The lowest BCUT2D eigenvalue weighted by Crippen LogP contribution is -2.57. The molecule has 0 bridgehead atoms. The first-order valence-electron chi connectivity index (χ1n) is 8.15. The van der Waals surface area contributed by atoms with E-state index in [0.717, 1.165) is 12.8 Å². The van der Waals surface area contributed by atoms with Crippen LogP contribution >= 0.6 is 0 Å². The Morgan fingerprint density at radius 2 is 2.13 bits per heavy atom. The van der Waals surface area contributed by atoms with E-state index in [1.165, 1.54) is 6.07 Å². The molecule has 124 valence electrons. The Morgan fingerprint density at radius 1 is 1.39 bits per heavy atom. The van der Waals surface area contributed by atoms with Crippen molar-refractivity contribution in [3.8, 4) is 0 Å². The number of hydrogen-bond acceptors (Lipinski definition) is 4. The molecular formula is C16H22N4O3. The average molecular weight is 318 g/mol. The summed E-state index contributed by atoms with van der Waals surface area (Å²) < 4.78 is 0. The Labute approximate surface area is 134 Å². The molecule has 0 radical (unpaired) electrons. The van der Waals surface area contributed by atoms with Crippen LogP contribution in [0.2, 0.25) is 0 Å². The Kier molecular flexibility index (Phi) is 4.19. The van der Waals surface area contributed by atoms with Crippen LogP contribution in [0.1, 0.15) is 55.3 Å². The van der Waals surface area contributed by atoms with Crippen molar-refractivity contribution in [3.63, 3.8) is 0 Å². The third-order valence-corrected chi connectivity index (χ3v) is 4.23. The molecule has 0 unspecified atom stereocenters. The molecule has 2 aliphatic rings. The number of piperazine rings is 1. The summed E-state index contributed by atoms with van der Waals surface area (Å²) in [5, 5.41) is 2.80. The second-order valence-corrected chi connectivity index (χ2v) is 6.73. The lowest BCUT2D eigenvalue weighted by molar-refractivity contribution is -0.128. The van der Waals surface area contributed by atoms with Crippen molar-refractivity contribution in [2.24, 2.45) is 5.92 Å². The highest BCUT2D eigenvalue weighted by Crippen LogP contribution is 2.37. The molecule has 0 aromatic carbocycles. The first-order chi connectivity index (χ1) is 11.0. The van der Waals surface area contributed by atoms with Gasteiger partial charge in [-0.15, -0.1) is 0 Å². The summed E-state index contributed by atoms with van der Waals surface area (Å²) in [5.74, 6) is 0.659. The number of carbonyl (C=O) groups is 2. The van der Waals surface area contributed by atoms with Gasteiger partial charge in [0.25, 0.3) is 11.5 Å². The zero-order valence-corrected chi connectivity index (χ0v) is 13.5. The fraction of sp³-hybridized carbons (Fsp3) is 0.625. The number of nitrogens with one attached hydrogen (secondary N) is 2. The summed E-state index contributed by atoms with van der Waals surface area (Å²) in [7, 11) is 0. The molecule has 1 aromatic heterocycles. The van der Waals surface area contributed by atoms with Gasteiger partial charge in [0.05, 0.1) is 0 Å². The van der Waals surface area contributed by atoms with Crippen LogP contribution in [0, 0.1) is 5.92 Å². The van der Waals surface area contributed by atoms with Crippen LogP contribution in [0.15, 0.2) is 10.9 Å². The molecule has 7 nitrogen and oxygen atoms in total. The van der Waals surface area contributed by atoms with Crippen molar-refractivity contribution in [2.45, 2.75) is 45.1 Å². The predicted octanol–water partition coefficient (Wildman–Crippen LogP) is 0.634. The monoisotopic (exact) mass is 318 g/mol. The number of amides is 2. The molecular weight excluding hydrogens is 296 g/mol. The highest BCUT2D eigenvalue weighted by molar-refractivity contribution is 5.96. The van der Waals surface area contributed by atoms with Gasteiger partial charge in [0.15, 0.2) is 0 Å². The fourth-order valence-electron chi connectivity index (χ4n) is 2.92. The van der Waals surface area contributed by atoms with E-state index in [4.69, 9.17) is 0 Å². The van der Waals surface area contributed by atoms with Gasteiger partial charge in [-0.3, -0.25) is 14.4 Å². The first-order valence-corrected chi connectivity index (χ1v) is 8.15. The van der Waals surface area contributed by atoms with Crippen LogP contribution < -0.4 is 10.9 Å². The van der Waals surface area contributed by atoms with E-state index in [9.17, 15) is 14.4 Å². The minimum absolute atomic E-state index is 0.134. The number of rotatable bonds is 4. The van der Waals surface area contributed by atoms with Crippen LogP contribution in [-0.4, -0.2) is 45.8 Å². The van der Waals surface area contributed by atoms with Crippen molar-refractivity contribution in [3.05, 3.63) is 27.9 Å². The minimum atomic E-state index is -0.498. The third kappa shape index (κ3) is 3.43. The third-order valence-electron chi connectivity index (χ3n) is 4.23. The lowest BCUT2D eigenvalue weighted by Gasteiger charge is -2.35. The van der Waals surface area contributed by atoms with Gasteiger partial charge in [-0.1, -0.05) is 13.8 Å². The zero-order chi connectivity index (χ0) is 16.6. The second kappa shape index (κ2) is 6.14. The van der Waals surface area contributed by atoms with Crippen LogP contribution in [-0.2, 0) is 4.79 Å². The van der Waals surface area contributed by atoms with Gasteiger partial charge >= 0.3 is 0 Å².